The Morgan fingerprint density at radius 1 is 1.23 bits per heavy atom. The highest BCUT2D eigenvalue weighted by atomic mass is 16.5. The summed E-state index contributed by atoms with van der Waals surface area (Å²) in [7, 11) is 0. The van der Waals surface area contributed by atoms with Crippen LogP contribution in [0.15, 0.2) is 35.6 Å². The molecule has 1 aliphatic carbocycles. The van der Waals surface area contributed by atoms with Crippen molar-refractivity contribution in [1.29, 1.82) is 0 Å². The van der Waals surface area contributed by atoms with Crippen LogP contribution in [0.25, 0.3) is 0 Å². The molecule has 0 radical (unpaired) electrons. The van der Waals surface area contributed by atoms with Crippen LogP contribution in [-0.4, -0.2) is 6.10 Å². The third-order valence-corrected chi connectivity index (χ3v) is 2.00. The van der Waals surface area contributed by atoms with E-state index in [4.69, 9.17) is 4.74 Å². The van der Waals surface area contributed by atoms with Crippen LogP contribution in [0.3, 0.4) is 0 Å². The van der Waals surface area contributed by atoms with Gasteiger partial charge in [-0.2, -0.15) is 0 Å². The van der Waals surface area contributed by atoms with E-state index in [1.807, 2.05) is 13.8 Å². The maximum Gasteiger partial charge on any atom is 0.123 e. The van der Waals surface area contributed by atoms with Gasteiger partial charge in [-0.05, 0) is 31.9 Å². The van der Waals surface area contributed by atoms with E-state index in [1.165, 1.54) is 5.57 Å². The summed E-state index contributed by atoms with van der Waals surface area (Å²) in [6, 6.07) is 0. The summed E-state index contributed by atoms with van der Waals surface area (Å²) in [5.74, 6) is 1.08. The summed E-state index contributed by atoms with van der Waals surface area (Å²) < 4.78 is 5.60. The molecule has 0 aromatic carbocycles. The van der Waals surface area contributed by atoms with E-state index in [0.29, 0.717) is 0 Å². The van der Waals surface area contributed by atoms with Gasteiger partial charge in [0.1, 0.15) is 11.9 Å². The van der Waals surface area contributed by atoms with E-state index in [2.05, 4.69) is 31.2 Å². The minimum atomic E-state index is 0.247. The van der Waals surface area contributed by atoms with E-state index in [0.717, 1.165) is 18.6 Å². The highest BCUT2D eigenvalue weighted by Crippen LogP contribution is 2.26. The van der Waals surface area contributed by atoms with E-state index in [1.54, 1.807) is 0 Å². The number of rotatable bonds is 0. The molecule has 0 aromatic rings. The van der Waals surface area contributed by atoms with Gasteiger partial charge < -0.3 is 4.74 Å². The molecule has 2 aliphatic rings. The lowest BCUT2D eigenvalue weighted by atomic mass is 10.0. The Morgan fingerprint density at radius 3 is 2.69 bits per heavy atom. The van der Waals surface area contributed by atoms with Crippen molar-refractivity contribution >= 4 is 0 Å². The van der Waals surface area contributed by atoms with Gasteiger partial charge in [0, 0.05) is 5.57 Å². The maximum atomic E-state index is 5.60. The largest absolute Gasteiger partial charge is 0.486 e. The zero-order valence-corrected chi connectivity index (χ0v) is 8.71. The lowest BCUT2D eigenvalue weighted by Crippen LogP contribution is -2.11. The van der Waals surface area contributed by atoms with Crippen LogP contribution in [0.5, 0.6) is 0 Å². The van der Waals surface area contributed by atoms with E-state index >= 15 is 0 Å². The van der Waals surface area contributed by atoms with E-state index < -0.39 is 0 Å². The molecule has 1 aliphatic heterocycles. The summed E-state index contributed by atoms with van der Waals surface area (Å²) >= 11 is 0. The van der Waals surface area contributed by atoms with E-state index in [-0.39, 0.29) is 6.10 Å². The number of fused-ring (bicyclic) bond motifs is 1. The molecule has 1 heteroatoms. The van der Waals surface area contributed by atoms with Crippen LogP contribution in [0, 0.1) is 0 Å². The lowest BCUT2D eigenvalue weighted by Gasteiger charge is -2.22. The zero-order chi connectivity index (χ0) is 9.68. The predicted octanol–water partition coefficient (Wildman–Crippen LogP) is 3.59. The highest BCUT2D eigenvalue weighted by molar-refractivity contribution is 5.40. The normalized spacial score (nSPS) is 24.4. The topological polar surface area (TPSA) is 9.23 Å². The van der Waals surface area contributed by atoms with Crippen molar-refractivity contribution in [3.05, 3.63) is 35.6 Å². The fraction of sp³-hybridized carbons (Fsp3) is 0.500. The van der Waals surface area contributed by atoms with Gasteiger partial charge in [0.15, 0.2) is 0 Å². The Hall–Kier alpha value is -0.980. The molecular weight excluding hydrogens is 160 g/mol. The van der Waals surface area contributed by atoms with Crippen LogP contribution in [0.1, 0.15) is 33.6 Å². The van der Waals surface area contributed by atoms with Gasteiger partial charge >= 0.3 is 0 Å². The van der Waals surface area contributed by atoms with Gasteiger partial charge in [-0.15, -0.1) is 0 Å². The summed E-state index contributed by atoms with van der Waals surface area (Å²) in [5.41, 5.74) is 1.26. The van der Waals surface area contributed by atoms with Crippen molar-refractivity contribution in [2.45, 2.75) is 39.7 Å². The molecule has 0 N–H and O–H groups in total. The van der Waals surface area contributed by atoms with E-state index in [9.17, 15) is 0 Å². The number of ether oxygens (including phenoxy) is 1. The van der Waals surface area contributed by atoms with Gasteiger partial charge in [0.25, 0.3) is 0 Å². The fourth-order valence-corrected chi connectivity index (χ4v) is 1.42. The molecule has 0 aromatic heterocycles. The summed E-state index contributed by atoms with van der Waals surface area (Å²) in [5, 5.41) is 0. The second-order valence-corrected chi connectivity index (χ2v) is 2.99. The van der Waals surface area contributed by atoms with Crippen LogP contribution in [-0.2, 0) is 4.74 Å². The van der Waals surface area contributed by atoms with Crippen molar-refractivity contribution < 1.29 is 4.74 Å². The van der Waals surface area contributed by atoms with Crippen molar-refractivity contribution in [2.24, 2.45) is 0 Å². The average molecular weight is 178 g/mol. The summed E-state index contributed by atoms with van der Waals surface area (Å²) in [4.78, 5) is 0. The van der Waals surface area contributed by atoms with Gasteiger partial charge in [0.05, 0.1) is 0 Å². The third kappa shape index (κ3) is 2.48. The van der Waals surface area contributed by atoms with Gasteiger partial charge in [-0.1, -0.05) is 26.0 Å². The minimum absolute atomic E-state index is 0.247. The van der Waals surface area contributed by atoms with Crippen LogP contribution < -0.4 is 0 Å². The first-order valence-corrected chi connectivity index (χ1v) is 5.12. The SMILES string of the molecule is CC.CC1C=CC2=CCCC=C2O1. The molecule has 1 heterocycles. The molecule has 0 saturated heterocycles. The molecule has 1 atom stereocenters. The Balaban J connectivity index is 0.000000396. The van der Waals surface area contributed by atoms with Crippen molar-refractivity contribution in [3.63, 3.8) is 0 Å². The van der Waals surface area contributed by atoms with Crippen LogP contribution >= 0.6 is 0 Å². The van der Waals surface area contributed by atoms with Gasteiger partial charge in [0.2, 0.25) is 0 Å². The molecule has 0 spiro atoms. The first kappa shape index (κ1) is 10.1. The lowest BCUT2D eigenvalue weighted by molar-refractivity contribution is 0.170. The predicted molar refractivity (Wildman–Crippen MR) is 56.4 cm³/mol. The monoisotopic (exact) mass is 178 g/mol. The van der Waals surface area contributed by atoms with Gasteiger partial charge in [-0.25, -0.2) is 0 Å². The summed E-state index contributed by atoms with van der Waals surface area (Å²) in [6.07, 6.45) is 11.2. The molecule has 1 nitrogen and oxygen atoms in total. The van der Waals surface area contributed by atoms with Crippen molar-refractivity contribution in [1.82, 2.24) is 0 Å². The molecule has 1 unspecified atom stereocenters. The third-order valence-electron chi connectivity index (χ3n) is 2.00. The smallest absolute Gasteiger partial charge is 0.123 e. The molecule has 13 heavy (non-hydrogen) atoms. The molecule has 0 amide bonds. The Morgan fingerprint density at radius 2 is 1.92 bits per heavy atom. The number of hydrogen-bond acceptors (Lipinski definition) is 1. The number of hydrogen-bond donors (Lipinski definition) is 0. The standard InChI is InChI=1S/C10H12O.C2H6/c1-8-6-7-9-4-2-3-5-10(9)11-8;1-2/h4-8H,2-3H2,1H3;1-2H3. The molecular formula is C12H18O. The van der Waals surface area contributed by atoms with Gasteiger partial charge in [-0.3, -0.25) is 0 Å². The molecule has 0 fully saturated rings. The first-order valence-electron chi connectivity index (χ1n) is 5.12. The average Bonchev–Trinajstić information content (AvgIpc) is 2.21. The highest BCUT2D eigenvalue weighted by Gasteiger charge is 2.13. The Kier molecular flexibility index (Phi) is 3.81. The second-order valence-electron chi connectivity index (χ2n) is 2.99. The molecule has 2 rings (SSSR count). The number of allylic oxidation sites excluding steroid dienone is 3. The quantitative estimate of drug-likeness (QED) is 0.550. The molecule has 72 valence electrons. The first-order chi connectivity index (χ1) is 6.36. The molecule has 0 bridgehead atoms. The maximum absolute atomic E-state index is 5.60. The summed E-state index contributed by atoms with van der Waals surface area (Å²) in [6.45, 7) is 6.06. The zero-order valence-electron chi connectivity index (χ0n) is 8.71. The Bertz CT molecular complexity index is 246. The fourth-order valence-electron chi connectivity index (χ4n) is 1.42. The van der Waals surface area contributed by atoms with Crippen molar-refractivity contribution in [3.8, 4) is 0 Å². The molecule has 0 saturated carbocycles. The minimum Gasteiger partial charge on any atom is -0.486 e. The second kappa shape index (κ2) is 4.90. The van der Waals surface area contributed by atoms with Crippen LogP contribution in [0.2, 0.25) is 0 Å². The Labute approximate surface area is 80.8 Å². The van der Waals surface area contributed by atoms with Crippen molar-refractivity contribution in [2.75, 3.05) is 0 Å². The van der Waals surface area contributed by atoms with Crippen LogP contribution in [0.4, 0.5) is 0 Å².